The van der Waals surface area contributed by atoms with Crippen LogP contribution in [0.4, 0.5) is 0 Å². The summed E-state index contributed by atoms with van der Waals surface area (Å²) in [6, 6.07) is 11.7. The quantitative estimate of drug-likeness (QED) is 0.633. The fourth-order valence-corrected chi connectivity index (χ4v) is 3.38. The number of amides is 2. The lowest BCUT2D eigenvalue weighted by Gasteiger charge is -2.19. The topological polar surface area (TPSA) is 70.2 Å². The molecule has 0 aliphatic rings. The Labute approximate surface area is 159 Å². The minimum Gasteiger partial charge on any atom is -0.354 e. The van der Waals surface area contributed by atoms with E-state index < -0.39 is 6.04 Å². The molecule has 3 N–H and O–H groups in total. The summed E-state index contributed by atoms with van der Waals surface area (Å²) in [4.78, 5) is 25.3. The highest BCUT2D eigenvalue weighted by atomic mass is 32.1. The maximum atomic E-state index is 12.2. The van der Waals surface area contributed by atoms with Crippen molar-refractivity contribution in [1.82, 2.24) is 16.0 Å². The molecule has 0 fully saturated rings. The molecule has 140 valence electrons. The van der Waals surface area contributed by atoms with Crippen LogP contribution in [-0.4, -0.2) is 30.9 Å². The van der Waals surface area contributed by atoms with Crippen LogP contribution in [0.3, 0.4) is 0 Å². The van der Waals surface area contributed by atoms with E-state index in [1.807, 2.05) is 18.4 Å². The number of rotatable bonds is 9. The molecule has 2 amide bonds. The molecule has 2 aromatic rings. The van der Waals surface area contributed by atoms with Gasteiger partial charge in [-0.15, -0.1) is 11.3 Å². The van der Waals surface area contributed by atoms with E-state index in [2.05, 4.69) is 53.2 Å². The molecule has 0 bridgehead atoms. The molecular weight excluding hydrogens is 346 g/mol. The van der Waals surface area contributed by atoms with Gasteiger partial charge in [0.2, 0.25) is 11.8 Å². The third kappa shape index (κ3) is 5.97. The van der Waals surface area contributed by atoms with Crippen LogP contribution < -0.4 is 16.0 Å². The van der Waals surface area contributed by atoms with Crippen molar-refractivity contribution in [3.63, 3.8) is 0 Å². The van der Waals surface area contributed by atoms with Crippen LogP contribution in [0.15, 0.2) is 41.8 Å². The highest BCUT2D eigenvalue weighted by molar-refractivity contribution is 7.10. The third-order valence-corrected chi connectivity index (χ3v) is 4.96. The molecule has 1 aromatic carbocycles. The third-order valence-electron chi connectivity index (χ3n) is 4.03. The first-order valence-corrected chi connectivity index (χ1v) is 9.79. The van der Waals surface area contributed by atoms with Gasteiger partial charge in [0, 0.05) is 11.4 Å². The van der Waals surface area contributed by atoms with E-state index in [0.717, 1.165) is 16.9 Å². The van der Waals surface area contributed by atoms with Crippen LogP contribution in [0, 0.1) is 6.92 Å². The summed E-state index contributed by atoms with van der Waals surface area (Å²) in [5, 5.41) is 10.9. The zero-order valence-electron chi connectivity index (χ0n) is 15.5. The van der Waals surface area contributed by atoms with E-state index in [-0.39, 0.29) is 24.4 Å². The number of hydrogen-bond donors (Lipinski definition) is 3. The first-order valence-electron chi connectivity index (χ1n) is 8.91. The summed E-state index contributed by atoms with van der Waals surface area (Å²) in [5.74, 6) is -0.355. The molecule has 1 aromatic heterocycles. The van der Waals surface area contributed by atoms with Crippen molar-refractivity contribution in [2.75, 3.05) is 13.1 Å². The van der Waals surface area contributed by atoms with Crippen LogP contribution >= 0.6 is 11.3 Å². The zero-order chi connectivity index (χ0) is 18.9. The van der Waals surface area contributed by atoms with Gasteiger partial charge in [-0.1, -0.05) is 42.8 Å². The molecule has 0 saturated carbocycles. The van der Waals surface area contributed by atoms with Gasteiger partial charge in [0.15, 0.2) is 0 Å². The summed E-state index contributed by atoms with van der Waals surface area (Å²) in [5.41, 5.74) is 2.31. The minimum atomic E-state index is -0.546. The van der Waals surface area contributed by atoms with Crippen molar-refractivity contribution >= 4 is 23.2 Å². The lowest BCUT2D eigenvalue weighted by atomic mass is 10.0. The summed E-state index contributed by atoms with van der Waals surface area (Å²) >= 11 is 1.65. The molecule has 2 rings (SSSR count). The molecule has 0 unspecified atom stereocenters. The highest BCUT2D eigenvalue weighted by Crippen LogP contribution is 2.26. The van der Waals surface area contributed by atoms with Crippen molar-refractivity contribution in [2.45, 2.75) is 39.3 Å². The number of benzene rings is 1. The van der Waals surface area contributed by atoms with E-state index in [1.54, 1.807) is 18.3 Å². The second-order valence-electron chi connectivity index (χ2n) is 6.32. The maximum absolute atomic E-state index is 12.2. The number of carbonyl (C=O) groups excluding carboxylic acids is 2. The second kappa shape index (κ2) is 10.1. The molecule has 0 radical (unpaired) electrons. The first-order chi connectivity index (χ1) is 12.5. The standard InChI is InChI=1S/C20H27N3O2S/c1-4-11-21-20(25)15(3)23-18(24)13-22-19(17-6-5-12-26-17)16-9-7-14(2)8-10-16/h5-10,12,15,19,22H,4,11,13H2,1-3H3,(H,21,25)(H,23,24)/t15-,19-/m0/s1. The van der Waals surface area contributed by atoms with E-state index in [1.165, 1.54) is 5.56 Å². The van der Waals surface area contributed by atoms with E-state index in [4.69, 9.17) is 0 Å². The van der Waals surface area contributed by atoms with Crippen LogP contribution in [0.5, 0.6) is 0 Å². The first kappa shape index (κ1) is 20.1. The average Bonchev–Trinajstić information content (AvgIpc) is 3.15. The molecule has 1 heterocycles. The van der Waals surface area contributed by atoms with Crippen LogP contribution in [0.25, 0.3) is 0 Å². The molecular formula is C20H27N3O2S. The Balaban J connectivity index is 1.95. The Kier molecular flexibility index (Phi) is 7.81. The Hall–Kier alpha value is -2.18. The molecule has 26 heavy (non-hydrogen) atoms. The van der Waals surface area contributed by atoms with Crippen molar-refractivity contribution in [1.29, 1.82) is 0 Å². The largest absolute Gasteiger partial charge is 0.354 e. The molecule has 5 nitrogen and oxygen atoms in total. The van der Waals surface area contributed by atoms with Crippen molar-refractivity contribution < 1.29 is 9.59 Å². The molecule has 6 heteroatoms. The van der Waals surface area contributed by atoms with E-state index >= 15 is 0 Å². The minimum absolute atomic E-state index is 0.0504. The van der Waals surface area contributed by atoms with Gasteiger partial charge in [-0.25, -0.2) is 0 Å². The predicted molar refractivity (Wildman–Crippen MR) is 106 cm³/mol. The lowest BCUT2D eigenvalue weighted by molar-refractivity contribution is -0.128. The van der Waals surface area contributed by atoms with Crippen molar-refractivity contribution in [3.05, 3.63) is 57.8 Å². The van der Waals surface area contributed by atoms with Gasteiger partial charge < -0.3 is 10.6 Å². The fourth-order valence-electron chi connectivity index (χ4n) is 2.55. The molecule has 2 atom stereocenters. The number of nitrogens with one attached hydrogen (secondary N) is 3. The summed E-state index contributed by atoms with van der Waals surface area (Å²) in [7, 11) is 0. The van der Waals surface area contributed by atoms with Gasteiger partial charge in [-0.05, 0) is 37.3 Å². The summed E-state index contributed by atoms with van der Waals surface area (Å²) in [6.45, 7) is 6.49. The Morgan fingerprint density at radius 1 is 1.15 bits per heavy atom. The van der Waals surface area contributed by atoms with Gasteiger partial charge in [-0.2, -0.15) is 0 Å². The van der Waals surface area contributed by atoms with Crippen LogP contribution in [0.1, 0.15) is 42.3 Å². The van der Waals surface area contributed by atoms with E-state index in [9.17, 15) is 9.59 Å². The van der Waals surface area contributed by atoms with Crippen molar-refractivity contribution in [2.24, 2.45) is 0 Å². The summed E-state index contributed by atoms with van der Waals surface area (Å²) < 4.78 is 0. The monoisotopic (exact) mass is 373 g/mol. The highest BCUT2D eigenvalue weighted by Gasteiger charge is 2.18. The van der Waals surface area contributed by atoms with Gasteiger partial charge in [0.25, 0.3) is 0 Å². The average molecular weight is 374 g/mol. The smallest absolute Gasteiger partial charge is 0.242 e. The van der Waals surface area contributed by atoms with Gasteiger partial charge in [-0.3, -0.25) is 14.9 Å². The Bertz CT molecular complexity index is 698. The Morgan fingerprint density at radius 2 is 1.88 bits per heavy atom. The maximum Gasteiger partial charge on any atom is 0.242 e. The predicted octanol–water partition coefficient (Wildman–Crippen LogP) is 2.77. The normalized spacial score (nSPS) is 13.0. The van der Waals surface area contributed by atoms with Crippen LogP contribution in [-0.2, 0) is 9.59 Å². The van der Waals surface area contributed by atoms with Gasteiger partial charge >= 0.3 is 0 Å². The number of carbonyl (C=O) groups is 2. The lowest BCUT2D eigenvalue weighted by Crippen LogP contribution is -2.47. The summed E-state index contributed by atoms with van der Waals surface area (Å²) in [6.07, 6.45) is 0.868. The fraction of sp³-hybridized carbons (Fsp3) is 0.400. The van der Waals surface area contributed by atoms with Gasteiger partial charge in [0.1, 0.15) is 6.04 Å². The zero-order valence-corrected chi connectivity index (χ0v) is 16.4. The number of aryl methyl sites for hydroxylation is 1. The van der Waals surface area contributed by atoms with E-state index in [0.29, 0.717) is 6.54 Å². The van der Waals surface area contributed by atoms with Crippen molar-refractivity contribution in [3.8, 4) is 0 Å². The molecule has 0 aliphatic heterocycles. The Morgan fingerprint density at radius 3 is 2.50 bits per heavy atom. The number of thiophene rings is 1. The number of hydrogen-bond acceptors (Lipinski definition) is 4. The SMILES string of the molecule is CCCNC(=O)[C@H](C)NC(=O)CN[C@@H](c1ccc(C)cc1)c1cccs1. The van der Waals surface area contributed by atoms with Gasteiger partial charge in [0.05, 0.1) is 12.6 Å². The molecule has 0 aliphatic carbocycles. The van der Waals surface area contributed by atoms with Crippen LogP contribution in [0.2, 0.25) is 0 Å². The molecule has 0 spiro atoms. The second-order valence-corrected chi connectivity index (χ2v) is 7.30. The molecule has 0 saturated heterocycles.